The molecule has 0 aliphatic rings. The fourth-order valence-electron chi connectivity index (χ4n) is 1.34. The Balaban J connectivity index is 2.20. The Morgan fingerprint density at radius 1 is 1.57 bits per heavy atom. The monoisotopic (exact) mass is 230 g/mol. The van der Waals surface area contributed by atoms with Crippen LogP contribution in [0.4, 0.5) is 0 Å². The largest absolute Gasteiger partial charge is 0.271 e. The van der Waals surface area contributed by atoms with Crippen molar-refractivity contribution in [3.8, 4) is 0 Å². The molecule has 0 spiro atoms. The van der Waals surface area contributed by atoms with E-state index in [1.54, 1.807) is 0 Å². The molecule has 1 unspecified atom stereocenters. The van der Waals surface area contributed by atoms with Crippen LogP contribution < -0.4 is 11.3 Å². The number of hydrogen-bond acceptors (Lipinski definition) is 4. The molecule has 0 bridgehead atoms. The zero-order valence-corrected chi connectivity index (χ0v) is 10.2. The van der Waals surface area contributed by atoms with Crippen LogP contribution in [0.25, 0.3) is 0 Å². The predicted octanol–water partition coefficient (Wildman–Crippen LogP) is 2.27. The molecule has 0 amide bonds. The molecule has 0 aliphatic carbocycles. The van der Waals surface area contributed by atoms with E-state index in [0.29, 0.717) is 6.04 Å². The van der Waals surface area contributed by atoms with E-state index in [1.165, 1.54) is 10.6 Å². The lowest BCUT2D eigenvalue weighted by molar-refractivity contribution is 0.485. The molecule has 3 N–H and O–H groups in total. The fourth-order valence-corrected chi connectivity index (χ4v) is 2.59. The van der Waals surface area contributed by atoms with E-state index in [2.05, 4.69) is 29.2 Å². The third kappa shape index (κ3) is 4.46. The normalized spacial score (nSPS) is 13.0. The minimum Gasteiger partial charge on any atom is -0.271 e. The average Bonchev–Trinajstić information content (AvgIpc) is 2.71. The van der Waals surface area contributed by atoms with Crippen molar-refractivity contribution in [3.63, 3.8) is 0 Å². The second-order valence-corrected chi connectivity index (χ2v) is 5.28. The van der Waals surface area contributed by atoms with Crippen LogP contribution in [-0.4, -0.2) is 18.1 Å². The van der Waals surface area contributed by atoms with E-state index < -0.39 is 0 Å². The van der Waals surface area contributed by atoms with E-state index in [4.69, 9.17) is 5.84 Å². The van der Waals surface area contributed by atoms with Gasteiger partial charge in [0, 0.05) is 10.9 Å². The topological polar surface area (TPSA) is 38.0 Å². The molecule has 0 aromatic carbocycles. The number of thioether (sulfide) groups is 1. The number of hydrazine groups is 1. The van der Waals surface area contributed by atoms with Gasteiger partial charge in [0.1, 0.15) is 0 Å². The van der Waals surface area contributed by atoms with Crippen LogP contribution in [-0.2, 0) is 6.42 Å². The van der Waals surface area contributed by atoms with Crippen LogP contribution in [0.5, 0.6) is 0 Å². The molecule has 1 aromatic heterocycles. The molecule has 0 aliphatic heterocycles. The summed E-state index contributed by atoms with van der Waals surface area (Å²) in [5.41, 5.74) is 2.89. The number of hydrogen-bond donors (Lipinski definition) is 2. The highest BCUT2D eigenvalue weighted by Crippen LogP contribution is 2.13. The Morgan fingerprint density at radius 2 is 2.43 bits per heavy atom. The van der Waals surface area contributed by atoms with Crippen molar-refractivity contribution in [2.45, 2.75) is 25.3 Å². The highest BCUT2D eigenvalue weighted by atomic mass is 32.2. The van der Waals surface area contributed by atoms with Gasteiger partial charge in [-0.2, -0.15) is 11.8 Å². The highest BCUT2D eigenvalue weighted by Gasteiger charge is 2.06. The maximum absolute atomic E-state index is 5.50. The second kappa shape index (κ2) is 7.29. The molecule has 0 saturated carbocycles. The molecular weight excluding hydrogens is 212 g/mol. The Kier molecular flexibility index (Phi) is 6.27. The molecule has 80 valence electrons. The SMILES string of the molecule is CSCCC(CCc1cccs1)NN. The van der Waals surface area contributed by atoms with Gasteiger partial charge in [-0.05, 0) is 42.7 Å². The summed E-state index contributed by atoms with van der Waals surface area (Å²) in [5.74, 6) is 6.68. The van der Waals surface area contributed by atoms with Gasteiger partial charge in [-0.3, -0.25) is 11.3 Å². The van der Waals surface area contributed by atoms with Gasteiger partial charge in [0.15, 0.2) is 0 Å². The Morgan fingerprint density at radius 3 is 3.00 bits per heavy atom. The number of nitrogens with one attached hydrogen (secondary N) is 1. The van der Waals surface area contributed by atoms with Crippen molar-refractivity contribution in [3.05, 3.63) is 22.4 Å². The van der Waals surface area contributed by atoms with Crippen molar-refractivity contribution >= 4 is 23.1 Å². The zero-order valence-electron chi connectivity index (χ0n) is 8.53. The van der Waals surface area contributed by atoms with Crippen LogP contribution >= 0.6 is 23.1 Å². The van der Waals surface area contributed by atoms with Gasteiger partial charge >= 0.3 is 0 Å². The molecule has 0 saturated heterocycles. The highest BCUT2D eigenvalue weighted by molar-refractivity contribution is 7.98. The summed E-state index contributed by atoms with van der Waals surface area (Å²) in [6.07, 6.45) is 5.56. The van der Waals surface area contributed by atoms with Gasteiger partial charge in [-0.1, -0.05) is 6.07 Å². The van der Waals surface area contributed by atoms with Crippen LogP contribution in [0, 0.1) is 0 Å². The minimum absolute atomic E-state index is 0.463. The first-order valence-electron chi connectivity index (χ1n) is 4.84. The Labute approximate surface area is 94.2 Å². The molecule has 14 heavy (non-hydrogen) atoms. The standard InChI is InChI=1S/C10H18N2S2/c1-13-8-6-9(12-11)4-5-10-3-2-7-14-10/h2-3,7,9,12H,4-6,8,11H2,1H3. The van der Waals surface area contributed by atoms with Gasteiger partial charge in [-0.15, -0.1) is 11.3 Å². The number of aryl methyl sites for hydroxylation is 1. The van der Waals surface area contributed by atoms with Crippen molar-refractivity contribution in [2.75, 3.05) is 12.0 Å². The van der Waals surface area contributed by atoms with Crippen molar-refractivity contribution in [1.82, 2.24) is 5.43 Å². The molecule has 2 nitrogen and oxygen atoms in total. The van der Waals surface area contributed by atoms with Crippen molar-refractivity contribution in [2.24, 2.45) is 5.84 Å². The zero-order chi connectivity index (χ0) is 10.2. The van der Waals surface area contributed by atoms with Gasteiger partial charge in [0.25, 0.3) is 0 Å². The maximum Gasteiger partial charge on any atom is 0.0221 e. The van der Waals surface area contributed by atoms with E-state index >= 15 is 0 Å². The van der Waals surface area contributed by atoms with Crippen LogP contribution in [0.1, 0.15) is 17.7 Å². The first kappa shape index (κ1) is 12.0. The van der Waals surface area contributed by atoms with Crippen molar-refractivity contribution in [1.29, 1.82) is 0 Å². The number of thiophene rings is 1. The van der Waals surface area contributed by atoms with E-state index in [-0.39, 0.29) is 0 Å². The number of nitrogens with two attached hydrogens (primary N) is 1. The Bertz CT molecular complexity index is 224. The van der Waals surface area contributed by atoms with Crippen LogP contribution in [0.15, 0.2) is 17.5 Å². The minimum atomic E-state index is 0.463. The summed E-state index contributed by atoms with van der Waals surface area (Å²) in [4.78, 5) is 1.45. The third-order valence-electron chi connectivity index (χ3n) is 2.23. The van der Waals surface area contributed by atoms with E-state index in [0.717, 1.165) is 19.3 Å². The van der Waals surface area contributed by atoms with Crippen LogP contribution in [0.3, 0.4) is 0 Å². The Hall–Kier alpha value is -0.0300. The van der Waals surface area contributed by atoms with Gasteiger partial charge in [0.05, 0.1) is 0 Å². The van der Waals surface area contributed by atoms with Gasteiger partial charge < -0.3 is 0 Å². The summed E-state index contributed by atoms with van der Waals surface area (Å²) in [5, 5.41) is 2.13. The van der Waals surface area contributed by atoms with E-state index in [9.17, 15) is 0 Å². The molecule has 1 rings (SSSR count). The van der Waals surface area contributed by atoms with Gasteiger partial charge in [-0.25, -0.2) is 0 Å². The van der Waals surface area contributed by atoms with Crippen molar-refractivity contribution < 1.29 is 0 Å². The smallest absolute Gasteiger partial charge is 0.0221 e. The first-order valence-corrected chi connectivity index (χ1v) is 7.11. The lowest BCUT2D eigenvalue weighted by Crippen LogP contribution is -2.35. The lowest BCUT2D eigenvalue weighted by atomic mass is 10.1. The summed E-state index contributed by atoms with van der Waals surface area (Å²) in [6.45, 7) is 0. The first-order chi connectivity index (χ1) is 6.86. The molecule has 1 atom stereocenters. The molecule has 0 radical (unpaired) electrons. The predicted molar refractivity (Wildman–Crippen MR) is 66.8 cm³/mol. The van der Waals surface area contributed by atoms with E-state index in [1.807, 2.05) is 23.1 Å². The summed E-state index contributed by atoms with van der Waals surface area (Å²) < 4.78 is 0. The van der Waals surface area contributed by atoms with Gasteiger partial charge in [0.2, 0.25) is 0 Å². The molecule has 4 heteroatoms. The molecular formula is C10H18N2S2. The molecule has 1 aromatic rings. The third-order valence-corrected chi connectivity index (χ3v) is 3.81. The fraction of sp³-hybridized carbons (Fsp3) is 0.600. The maximum atomic E-state index is 5.50. The average molecular weight is 230 g/mol. The number of rotatable bonds is 7. The molecule has 0 fully saturated rings. The van der Waals surface area contributed by atoms with Crippen LogP contribution in [0.2, 0.25) is 0 Å². The summed E-state index contributed by atoms with van der Waals surface area (Å²) in [6, 6.07) is 4.75. The second-order valence-electron chi connectivity index (χ2n) is 3.26. The molecule has 1 heterocycles. The summed E-state index contributed by atoms with van der Waals surface area (Å²) >= 11 is 3.70. The summed E-state index contributed by atoms with van der Waals surface area (Å²) in [7, 11) is 0. The lowest BCUT2D eigenvalue weighted by Gasteiger charge is -2.14. The quantitative estimate of drug-likeness (QED) is 0.557.